The molecule has 1 fully saturated rings. The molecular formula is C22H25N3O4S. The predicted octanol–water partition coefficient (Wildman–Crippen LogP) is 3.91. The minimum atomic E-state index is -3.70. The summed E-state index contributed by atoms with van der Waals surface area (Å²) >= 11 is 0. The van der Waals surface area contributed by atoms with Crippen LogP contribution in [0, 0.1) is 6.92 Å². The van der Waals surface area contributed by atoms with Crippen LogP contribution in [0.2, 0.25) is 0 Å². The molecule has 1 saturated heterocycles. The van der Waals surface area contributed by atoms with E-state index < -0.39 is 10.0 Å². The number of aromatic nitrogens is 1. The topological polar surface area (TPSA) is 91.5 Å². The van der Waals surface area contributed by atoms with E-state index in [9.17, 15) is 13.2 Å². The van der Waals surface area contributed by atoms with Gasteiger partial charge >= 0.3 is 0 Å². The Kier molecular flexibility index (Phi) is 5.53. The van der Waals surface area contributed by atoms with Gasteiger partial charge in [-0.25, -0.2) is 8.42 Å². The van der Waals surface area contributed by atoms with Gasteiger partial charge in [0.15, 0.2) is 0 Å². The minimum absolute atomic E-state index is 0.0666. The molecular weight excluding hydrogens is 402 g/mol. The molecule has 1 amide bonds. The molecule has 3 aromatic rings. The molecule has 2 aromatic carbocycles. The summed E-state index contributed by atoms with van der Waals surface area (Å²) in [6.45, 7) is 2.98. The normalized spacial score (nSPS) is 15.3. The monoisotopic (exact) mass is 427 g/mol. The summed E-state index contributed by atoms with van der Waals surface area (Å²) < 4.78 is 33.1. The van der Waals surface area contributed by atoms with Crippen molar-refractivity contribution in [3.63, 3.8) is 0 Å². The van der Waals surface area contributed by atoms with Gasteiger partial charge in [0.1, 0.15) is 16.3 Å². The van der Waals surface area contributed by atoms with Crippen LogP contribution in [0.4, 0.5) is 5.69 Å². The lowest BCUT2D eigenvalue weighted by Crippen LogP contribution is -2.35. The van der Waals surface area contributed by atoms with E-state index in [-0.39, 0.29) is 16.6 Å². The van der Waals surface area contributed by atoms with Gasteiger partial charge in [0.2, 0.25) is 10.0 Å². The van der Waals surface area contributed by atoms with E-state index in [2.05, 4.69) is 10.3 Å². The average Bonchev–Trinajstić information content (AvgIpc) is 3.17. The Morgan fingerprint density at radius 2 is 1.83 bits per heavy atom. The summed E-state index contributed by atoms with van der Waals surface area (Å²) in [6.07, 6.45) is 2.72. The first kappa shape index (κ1) is 20.4. The third-order valence-electron chi connectivity index (χ3n) is 5.38. The van der Waals surface area contributed by atoms with Crippen LogP contribution in [0.15, 0.2) is 47.4 Å². The van der Waals surface area contributed by atoms with Crippen LogP contribution in [0.3, 0.4) is 0 Å². The summed E-state index contributed by atoms with van der Waals surface area (Å²) in [5.41, 5.74) is 2.78. The molecule has 1 aliphatic heterocycles. The van der Waals surface area contributed by atoms with E-state index in [1.54, 1.807) is 18.2 Å². The molecule has 0 saturated carbocycles. The van der Waals surface area contributed by atoms with Crippen LogP contribution in [-0.2, 0) is 10.0 Å². The first-order chi connectivity index (χ1) is 14.4. The van der Waals surface area contributed by atoms with Crippen molar-refractivity contribution in [3.8, 4) is 5.75 Å². The fourth-order valence-corrected chi connectivity index (χ4v) is 5.46. The minimum Gasteiger partial charge on any atom is -0.495 e. The molecule has 2 N–H and O–H groups in total. The van der Waals surface area contributed by atoms with Crippen molar-refractivity contribution in [1.29, 1.82) is 0 Å². The number of anilines is 1. The Morgan fingerprint density at radius 1 is 1.07 bits per heavy atom. The van der Waals surface area contributed by atoms with Gasteiger partial charge in [-0.1, -0.05) is 18.6 Å². The third kappa shape index (κ3) is 3.93. The number of benzene rings is 2. The zero-order valence-corrected chi connectivity index (χ0v) is 17.9. The van der Waals surface area contributed by atoms with E-state index in [0.29, 0.717) is 24.5 Å². The number of ether oxygens (including phenoxy) is 1. The van der Waals surface area contributed by atoms with Crippen molar-refractivity contribution in [1.82, 2.24) is 9.29 Å². The number of methoxy groups -OCH3 is 1. The summed E-state index contributed by atoms with van der Waals surface area (Å²) in [4.78, 5) is 15.9. The summed E-state index contributed by atoms with van der Waals surface area (Å²) in [7, 11) is -2.26. The maximum atomic E-state index is 13.2. The molecule has 2 heterocycles. The number of nitrogens with zero attached hydrogens (tertiary/aromatic N) is 1. The van der Waals surface area contributed by atoms with Crippen molar-refractivity contribution >= 4 is 32.5 Å². The fourth-order valence-electron chi connectivity index (χ4n) is 3.76. The molecule has 0 bridgehead atoms. The zero-order valence-electron chi connectivity index (χ0n) is 17.1. The molecule has 1 aliphatic rings. The van der Waals surface area contributed by atoms with Gasteiger partial charge in [-0.15, -0.1) is 0 Å². The lowest BCUT2D eigenvalue weighted by molar-refractivity contribution is 0.102. The quantitative estimate of drug-likeness (QED) is 0.646. The van der Waals surface area contributed by atoms with Gasteiger partial charge in [0, 0.05) is 29.7 Å². The Hall–Kier alpha value is -2.84. The van der Waals surface area contributed by atoms with Gasteiger partial charge in [0.25, 0.3) is 5.91 Å². The Balaban J connectivity index is 1.62. The second-order valence-electron chi connectivity index (χ2n) is 7.56. The fraction of sp³-hybridized carbons (Fsp3) is 0.318. The molecule has 158 valence electrons. The molecule has 0 unspecified atom stereocenters. The van der Waals surface area contributed by atoms with Crippen LogP contribution in [-0.4, -0.2) is 43.8 Å². The standard InChI is InChI=1S/C22H25N3O4S/c1-15-6-7-16-13-19(24-18(16)12-15)22(26)23-17-8-9-20(29-2)21(14-17)30(27,28)25-10-4-3-5-11-25/h6-9,12-14,24H,3-5,10-11H2,1-2H3,(H,23,26). The van der Waals surface area contributed by atoms with Crippen LogP contribution < -0.4 is 10.1 Å². The molecule has 0 aliphatic carbocycles. The van der Waals surface area contributed by atoms with Crippen molar-refractivity contribution in [2.45, 2.75) is 31.1 Å². The lowest BCUT2D eigenvalue weighted by Gasteiger charge is -2.26. The van der Waals surface area contributed by atoms with Gasteiger partial charge in [0.05, 0.1) is 7.11 Å². The van der Waals surface area contributed by atoms with Crippen molar-refractivity contribution in [3.05, 3.63) is 53.7 Å². The van der Waals surface area contributed by atoms with E-state index in [4.69, 9.17) is 4.74 Å². The van der Waals surface area contributed by atoms with Gasteiger partial charge < -0.3 is 15.0 Å². The highest BCUT2D eigenvalue weighted by Gasteiger charge is 2.29. The predicted molar refractivity (Wildman–Crippen MR) is 117 cm³/mol. The Morgan fingerprint density at radius 3 is 2.57 bits per heavy atom. The van der Waals surface area contributed by atoms with Gasteiger partial charge in [-0.05, 0) is 55.7 Å². The van der Waals surface area contributed by atoms with Crippen LogP contribution in [0.1, 0.15) is 35.3 Å². The number of aromatic amines is 1. The average molecular weight is 428 g/mol. The number of sulfonamides is 1. The number of carbonyl (C=O) groups is 1. The highest BCUT2D eigenvalue weighted by Crippen LogP contribution is 2.31. The van der Waals surface area contributed by atoms with Crippen molar-refractivity contribution in [2.24, 2.45) is 0 Å². The smallest absolute Gasteiger partial charge is 0.272 e. The number of carbonyl (C=O) groups excluding carboxylic acids is 1. The van der Waals surface area contributed by atoms with E-state index in [1.165, 1.54) is 17.5 Å². The molecule has 0 radical (unpaired) electrons. The van der Waals surface area contributed by atoms with E-state index in [1.807, 2.05) is 25.1 Å². The van der Waals surface area contributed by atoms with E-state index >= 15 is 0 Å². The number of hydrogen-bond donors (Lipinski definition) is 2. The maximum absolute atomic E-state index is 13.2. The lowest BCUT2D eigenvalue weighted by atomic mass is 10.2. The van der Waals surface area contributed by atoms with Crippen molar-refractivity contribution in [2.75, 3.05) is 25.5 Å². The second kappa shape index (κ2) is 8.12. The van der Waals surface area contributed by atoms with Crippen LogP contribution >= 0.6 is 0 Å². The van der Waals surface area contributed by atoms with Crippen LogP contribution in [0.5, 0.6) is 5.75 Å². The van der Waals surface area contributed by atoms with Gasteiger partial charge in [-0.2, -0.15) is 4.31 Å². The molecule has 30 heavy (non-hydrogen) atoms. The van der Waals surface area contributed by atoms with Gasteiger partial charge in [-0.3, -0.25) is 4.79 Å². The van der Waals surface area contributed by atoms with Crippen LogP contribution in [0.25, 0.3) is 10.9 Å². The molecule has 0 atom stereocenters. The highest BCUT2D eigenvalue weighted by atomic mass is 32.2. The SMILES string of the molecule is COc1ccc(NC(=O)c2cc3ccc(C)cc3[nH]2)cc1S(=O)(=O)N1CCCCC1. The van der Waals surface area contributed by atoms with Crippen molar-refractivity contribution < 1.29 is 17.9 Å². The maximum Gasteiger partial charge on any atom is 0.272 e. The Labute approximate surface area is 176 Å². The number of H-pyrrole nitrogens is 1. The third-order valence-corrected chi connectivity index (χ3v) is 7.30. The summed E-state index contributed by atoms with van der Waals surface area (Å²) in [5.74, 6) is -0.0741. The number of nitrogens with one attached hydrogen (secondary N) is 2. The number of aryl methyl sites for hydroxylation is 1. The zero-order chi connectivity index (χ0) is 21.3. The van der Waals surface area contributed by atoms with E-state index in [0.717, 1.165) is 35.7 Å². The summed E-state index contributed by atoms with van der Waals surface area (Å²) in [6, 6.07) is 12.4. The molecule has 4 rings (SSSR count). The number of fused-ring (bicyclic) bond motifs is 1. The molecule has 0 spiro atoms. The second-order valence-corrected chi connectivity index (χ2v) is 9.46. The largest absolute Gasteiger partial charge is 0.495 e. The first-order valence-electron chi connectivity index (χ1n) is 9.97. The Bertz CT molecular complexity index is 1190. The molecule has 7 nitrogen and oxygen atoms in total. The number of piperidine rings is 1. The first-order valence-corrected chi connectivity index (χ1v) is 11.4. The number of amides is 1. The summed E-state index contributed by atoms with van der Waals surface area (Å²) in [5, 5.41) is 3.73. The number of rotatable bonds is 5. The molecule has 1 aromatic heterocycles. The highest BCUT2D eigenvalue weighted by molar-refractivity contribution is 7.89. The number of hydrogen-bond acceptors (Lipinski definition) is 4. The molecule has 8 heteroatoms.